The largest absolute Gasteiger partial charge is 0.330 e. The molecule has 0 fully saturated rings. The van der Waals surface area contributed by atoms with Crippen LogP contribution in [0.2, 0.25) is 0 Å². The highest BCUT2D eigenvalue weighted by Crippen LogP contribution is 2.02. The van der Waals surface area contributed by atoms with Gasteiger partial charge in [0.05, 0.1) is 0 Å². The fraction of sp³-hybridized carbons (Fsp3) is 0.727. The number of nitrogens with two attached hydrogens (primary N) is 1. The van der Waals surface area contributed by atoms with E-state index >= 15 is 0 Å². The molecule has 0 aliphatic carbocycles. The van der Waals surface area contributed by atoms with Crippen LogP contribution in [0.25, 0.3) is 0 Å². The zero-order valence-electron chi connectivity index (χ0n) is 9.91. The maximum Gasteiger partial charge on any atom is 0.238 e. The molecule has 0 spiro atoms. The average molecular weight is 213 g/mol. The van der Waals surface area contributed by atoms with E-state index in [4.69, 9.17) is 5.73 Å². The van der Waals surface area contributed by atoms with E-state index in [0.717, 1.165) is 19.5 Å². The topological polar surface area (TPSA) is 49.6 Å². The van der Waals surface area contributed by atoms with Gasteiger partial charge in [0.15, 0.2) is 0 Å². The van der Waals surface area contributed by atoms with Crippen LogP contribution in [0.15, 0.2) is 12.7 Å². The van der Waals surface area contributed by atoms with Crippen molar-refractivity contribution >= 4 is 5.91 Å². The maximum absolute atomic E-state index is 11.8. The van der Waals surface area contributed by atoms with Gasteiger partial charge in [-0.3, -0.25) is 9.80 Å². The van der Waals surface area contributed by atoms with Crippen molar-refractivity contribution in [2.75, 3.05) is 26.2 Å². The lowest BCUT2D eigenvalue weighted by Gasteiger charge is -2.33. The molecule has 0 bridgehead atoms. The first kappa shape index (κ1) is 14.1. The number of nitrogens with zero attached hydrogens (tertiary/aromatic N) is 2. The van der Waals surface area contributed by atoms with Gasteiger partial charge in [-0.05, 0) is 6.42 Å². The van der Waals surface area contributed by atoms with Crippen LogP contribution < -0.4 is 5.73 Å². The third-order valence-corrected chi connectivity index (χ3v) is 2.13. The first-order valence-corrected chi connectivity index (χ1v) is 5.57. The summed E-state index contributed by atoms with van der Waals surface area (Å²) in [5, 5.41) is 3.78. The van der Waals surface area contributed by atoms with Gasteiger partial charge in [0, 0.05) is 32.6 Å². The summed E-state index contributed by atoms with van der Waals surface area (Å²) in [6.07, 6.45) is 3.17. The molecule has 0 aromatic rings. The van der Waals surface area contributed by atoms with E-state index in [-0.39, 0.29) is 5.91 Å². The molecule has 0 unspecified atom stereocenters. The van der Waals surface area contributed by atoms with Gasteiger partial charge >= 0.3 is 0 Å². The molecule has 15 heavy (non-hydrogen) atoms. The highest BCUT2D eigenvalue weighted by atomic mass is 16.2. The van der Waals surface area contributed by atoms with Gasteiger partial charge in [-0.25, -0.2) is 5.01 Å². The number of carbonyl (C=O) groups is 1. The van der Waals surface area contributed by atoms with Crippen molar-refractivity contribution in [1.82, 2.24) is 10.0 Å². The third-order valence-electron chi connectivity index (χ3n) is 2.13. The first-order valence-electron chi connectivity index (χ1n) is 5.57. The lowest BCUT2D eigenvalue weighted by atomic mass is 10.3. The zero-order valence-corrected chi connectivity index (χ0v) is 9.91. The van der Waals surface area contributed by atoms with Crippen LogP contribution in [0.4, 0.5) is 0 Å². The van der Waals surface area contributed by atoms with Crippen LogP contribution in [0.5, 0.6) is 0 Å². The normalized spacial score (nSPS) is 10.4. The summed E-state index contributed by atoms with van der Waals surface area (Å²) in [6, 6.07) is 0. The summed E-state index contributed by atoms with van der Waals surface area (Å²) in [5.41, 5.74) is 5.39. The molecule has 4 heteroatoms. The summed E-state index contributed by atoms with van der Waals surface area (Å²) >= 11 is 0. The lowest BCUT2D eigenvalue weighted by Crippen LogP contribution is -2.47. The van der Waals surface area contributed by atoms with Crippen LogP contribution in [0.3, 0.4) is 0 Å². The number of carbonyl (C=O) groups excluding carboxylic acids is 1. The molecule has 0 rings (SSSR count). The Hall–Kier alpha value is -0.870. The minimum Gasteiger partial charge on any atom is -0.330 e. The minimum atomic E-state index is 0.100. The van der Waals surface area contributed by atoms with E-state index in [0.29, 0.717) is 19.5 Å². The molecular formula is C11H23N3O. The molecule has 0 saturated heterocycles. The highest BCUT2D eigenvalue weighted by Gasteiger charge is 2.17. The van der Waals surface area contributed by atoms with Crippen molar-refractivity contribution in [2.45, 2.75) is 26.7 Å². The monoisotopic (exact) mass is 213 g/mol. The van der Waals surface area contributed by atoms with E-state index in [1.165, 1.54) is 0 Å². The Kier molecular flexibility index (Phi) is 7.95. The van der Waals surface area contributed by atoms with Crippen molar-refractivity contribution in [3.63, 3.8) is 0 Å². The predicted molar refractivity (Wildman–Crippen MR) is 63.1 cm³/mol. The van der Waals surface area contributed by atoms with Crippen molar-refractivity contribution in [1.29, 1.82) is 0 Å². The van der Waals surface area contributed by atoms with Gasteiger partial charge in [0.25, 0.3) is 0 Å². The Morgan fingerprint density at radius 2 is 2.13 bits per heavy atom. The van der Waals surface area contributed by atoms with E-state index in [9.17, 15) is 4.79 Å². The summed E-state index contributed by atoms with van der Waals surface area (Å²) in [4.78, 5) is 11.8. The van der Waals surface area contributed by atoms with Crippen molar-refractivity contribution in [3.05, 3.63) is 12.7 Å². The molecule has 2 N–H and O–H groups in total. The van der Waals surface area contributed by atoms with Gasteiger partial charge in [0.1, 0.15) is 0 Å². The molecule has 0 aliphatic heterocycles. The smallest absolute Gasteiger partial charge is 0.238 e. The Balaban J connectivity index is 4.44. The van der Waals surface area contributed by atoms with Gasteiger partial charge in [0.2, 0.25) is 5.91 Å². The van der Waals surface area contributed by atoms with Crippen molar-refractivity contribution in [2.24, 2.45) is 5.73 Å². The fourth-order valence-corrected chi connectivity index (χ4v) is 1.44. The van der Waals surface area contributed by atoms with Crippen LogP contribution in [-0.4, -0.2) is 42.1 Å². The lowest BCUT2D eigenvalue weighted by molar-refractivity contribution is -0.147. The van der Waals surface area contributed by atoms with Gasteiger partial charge < -0.3 is 5.73 Å². The molecule has 0 saturated carbocycles. The van der Waals surface area contributed by atoms with Gasteiger partial charge in [-0.15, -0.1) is 6.58 Å². The Bertz CT molecular complexity index is 194. The van der Waals surface area contributed by atoms with Crippen LogP contribution in [0.1, 0.15) is 26.7 Å². The second-order valence-corrected chi connectivity index (χ2v) is 3.35. The summed E-state index contributed by atoms with van der Waals surface area (Å²) < 4.78 is 0. The summed E-state index contributed by atoms with van der Waals surface area (Å²) in [5.74, 6) is 0.100. The zero-order chi connectivity index (χ0) is 11.7. The Morgan fingerprint density at radius 1 is 1.47 bits per heavy atom. The van der Waals surface area contributed by atoms with Gasteiger partial charge in [-0.1, -0.05) is 19.9 Å². The van der Waals surface area contributed by atoms with Gasteiger partial charge in [-0.2, -0.15) is 0 Å². The third kappa shape index (κ3) is 4.95. The average Bonchev–Trinajstić information content (AvgIpc) is 2.23. The minimum absolute atomic E-state index is 0.100. The molecule has 1 amide bonds. The molecule has 0 heterocycles. The SMILES string of the molecule is C=CCN(CC)N(CCC)C(=O)CCN. The predicted octanol–water partition coefficient (Wildman–Crippen LogP) is 0.997. The molecular weight excluding hydrogens is 190 g/mol. The highest BCUT2D eigenvalue weighted by molar-refractivity contribution is 5.75. The molecule has 0 atom stereocenters. The molecule has 0 radical (unpaired) electrons. The quantitative estimate of drug-likeness (QED) is 0.483. The van der Waals surface area contributed by atoms with Crippen LogP contribution in [0, 0.1) is 0 Å². The number of hydrogen-bond acceptors (Lipinski definition) is 3. The first-order chi connectivity index (χ1) is 7.21. The Labute approximate surface area is 92.7 Å². The molecule has 4 nitrogen and oxygen atoms in total. The second kappa shape index (κ2) is 8.44. The summed E-state index contributed by atoms with van der Waals surface area (Å²) in [6.45, 7) is 10.4. The van der Waals surface area contributed by atoms with E-state index in [1.807, 2.05) is 18.0 Å². The van der Waals surface area contributed by atoms with Crippen molar-refractivity contribution < 1.29 is 4.79 Å². The number of rotatable bonds is 8. The second-order valence-electron chi connectivity index (χ2n) is 3.35. The Morgan fingerprint density at radius 3 is 2.53 bits per heavy atom. The number of likely N-dealkylation sites (N-methyl/N-ethyl adjacent to an activating group) is 1. The number of amides is 1. The molecule has 0 aromatic heterocycles. The van der Waals surface area contributed by atoms with Crippen LogP contribution in [-0.2, 0) is 4.79 Å². The van der Waals surface area contributed by atoms with Crippen molar-refractivity contribution in [3.8, 4) is 0 Å². The fourth-order valence-electron chi connectivity index (χ4n) is 1.44. The maximum atomic E-state index is 11.8. The van der Waals surface area contributed by atoms with E-state index in [2.05, 4.69) is 13.5 Å². The number of hydrazine groups is 1. The summed E-state index contributed by atoms with van der Waals surface area (Å²) in [7, 11) is 0. The van der Waals surface area contributed by atoms with Crippen LogP contribution >= 0.6 is 0 Å². The standard InChI is InChI=1S/C11H23N3O/c1-4-9-13(6-3)14(10-5-2)11(15)7-8-12/h4H,1,5-10,12H2,2-3H3. The molecule has 88 valence electrons. The molecule has 0 aromatic carbocycles. The molecule has 0 aliphatic rings. The van der Waals surface area contributed by atoms with E-state index in [1.54, 1.807) is 5.01 Å². The number of hydrogen-bond donors (Lipinski definition) is 1. The van der Waals surface area contributed by atoms with E-state index < -0.39 is 0 Å².